The van der Waals surface area contributed by atoms with Crippen molar-refractivity contribution in [2.75, 3.05) is 18.0 Å². The molecule has 1 aliphatic rings. The highest BCUT2D eigenvalue weighted by Gasteiger charge is 2.22. The van der Waals surface area contributed by atoms with Crippen LogP contribution in [0.1, 0.15) is 18.4 Å². The Morgan fingerprint density at radius 2 is 2.26 bits per heavy atom. The molecule has 19 heavy (non-hydrogen) atoms. The molecule has 7 heteroatoms. The van der Waals surface area contributed by atoms with Gasteiger partial charge in [-0.25, -0.2) is 13.1 Å². The topological polar surface area (TPSA) is 72.2 Å². The lowest BCUT2D eigenvalue weighted by molar-refractivity contribution is 0.579. The zero-order chi connectivity index (χ0) is 14.0. The molecule has 3 N–H and O–H groups in total. The number of halogens is 1. The molecule has 0 amide bonds. The quantitative estimate of drug-likeness (QED) is 0.836. The summed E-state index contributed by atoms with van der Waals surface area (Å²) in [6.07, 6.45) is 2.20. The van der Waals surface area contributed by atoms with Gasteiger partial charge in [-0.1, -0.05) is 11.6 Å². The van der Waals surface area contributed by atoms with E-state index in [1.807, 2.05) is 0 Å². The first-order valence-electron chi connectivity index (χ1n) is 6.07. The molecule has 1 fully saturated rings. The molecule has 0 aliphatic carbocycles. The summed E-state index contributed by atoms with van der Waals surface area (Å²) in [6.45, 7) is 2.23. The van der Waals surface area contributed by atoms with Crippen molar-refractivity contribution in [1.29, 1.82) is 0 Å². The summed E-state index contributed by atoms with van der Waals surface area (Å²) in [7, 11) is -3.59. The van der Waals surface area contributed by atoms with E-state index in [-0.39, 0.29) is 9.92 Å². The predicted octanol–water partition coefficient (Wildman–Crippen LogP) is 2.40. The van der Waals surface area contributed by atoms with Gasteiger partial charge in [0.05, 0.1) is 5.02 Å². The number of nitrogens with one attached hydrogen (secondary N) is 1. The normalized spacial score (nSPS) is 19.8. The molecule has 0 bridgehead atoms. The molecule has 0 aromatic heterocycles. The largest absolute Gasteiger partial charge is 0.398 e. The zero-order valence-electron chi connectivity index (χ0n) is 10.6. The van der Waals surface area contributed by atoms with Gasteiger partial charge in [0.2, 0.25) is 10.0 Å². The molecule has 1 aliphatic heterocycles. The molecule has 1 unspecified atom stereocenters. The molecule has 1 heterocycles. The number of anilines is 1. The van der Waals surface area contributed by atoms with Crippen LogP contribution in [0, 0.1) is 6.92 Å². The minimum absolute atomic E-state index is 0.0558. The SMILES string of the molecule is Cc1cc(Cl)c(S(=O)(=O)NCC2CCCS2)cc1N. The maximum Gasteiger partial charge on any atom is 0.242 e. The van der Waals surface area contributed by atoms with Gasteiger partial charge in [-0.2, -0.15) is 11.8 Å². The van der Waals surface area contributed by atoms with Gasteiger partial charge in [0.25, 0.3) is 0 Å². The molecule has 1 saturated heterocycles. The van der Waals surface area contributed by atoms with Gasteiger partial charge >= 0.3 is 0 Å². The molecular weight excluding hydrogens is 304 g/mol. The molecule has 1 atom stereocenters. The lowest BCUT2D eigenvalue weighted by Gasteiger charge is -2.13. The van der Waals surface area contributed by atoms with Gasteiger partial charge in [-0.05, 0) is 43.2 Å². The third-order valence-corrected chi connectivity index (χ3v) is 6.42. The summed E-state index contributed by atoms with van der Waals surface area (Å²) in [5.74, 6) is 1.10. The van der Waals surface area contributed by atoms with E-state index in [1.54, 1.807) is 24.8 Å². The molecule has 0 spiro atoms. The van der Waals surface area contributed by atoms with Gasteiger partial charge in [0.1, 0.15) is 4.90 Å². The van der Waals surface area contributed by atoms with Crippen LogP contribution in [0.5, 0.6) is 0 Å². The van der Waals surface area contributed by atoms with E-state index in [4.69, 9.17) is 17.3 Å². The fourth-order valence-electron chi connectivity index (χ4n) is 1.96. The standard InChI is InChI=1S/C12H17ClN2O2S2/c1-8-5-10(13)12(6-11(8)14)19(16,17)15-7-9-3-2-4-18-9/h5-6,9,15H,2-4,7,14H2,1H3. The van der Waals surface area contributed by atoms with E-state index in [1.165, 1.54) is 6.07 Å². The second-order valence-electron chi connectivity index (χ2n) is 4.63. The average molecular weight is 321 g/mol. The monoisotopic (exact) mass is 320 g/mol. The van der Waals surface area contributed by atoms with E-state index in [9.17, 15) is 8.42 Å². The van der Waals surface area contributed by atoms with Crippen LogP contribution in [-0.4, -0.2) is 26.0 Å². The van der Waals surface area contributed by atoms with Gasteiger partial charge in [0, 0.05) is 17.5 Å². The summed E-state index contributed by atoms with van der Waals surface area (Å²) in [5, 5.41) is 0.564. The Bertz CT molecular complexity index is 569. The van der Waals surface area contributed by atoms with Crippen molar-refractivity contribution in [2.45, 2.75) is 29.9 Å². The number of rotatable bonds is 4. The number of sulfonamides is 1. The molecule has 0 radical (unpaired) electrons. The third-order valence-electron chi connectivity index (χ3n) is 3.14. The van der Waals surface area contributed by atoms with Gasteiger partial charge in [0.15, 0.2) is 0 Å². The maximum absolute atomic E-state index is 12.2. The van der Waals surface area contributed by atoms with Crippen molar-refractivity contribution in [3.05, 3.63) is 22.7 Å². The Labute approximate surface area is 123 Å². The number of benzene rings is 1. The maximum atomic E-state index is 12.2. The minimum Gasteiger partial charge on any atom is -0.398 e. The second kappa shape index (κ2) is 5.91. The number of nitrogen functional groups attached to an aromatic ring is 1. The van der Waals surface area contributed by atoms with E-state index in [2.05, 4.69) is 4.72 Å². The molecule has 2 rings (SSSR count). The number of thioether (sulfide) groups is 1. The first-order chi connectivity index (χ1) is 8.90. The van der Waals surface area contributed by atoms with E-state index in [0.717, 1.165) is 24.2 Å². The number of hydrogen-bond donors (Lipinski definition) is 2. The molecule has 4 nitrogen and oxygen atoms in total. The highest BCUT2D eigenvalue weighted by molar-refractivity contribution is 8.00. The van der Waals surface area contributed by atoms with Crippen molar-refractivity contribution >= 4 is 39.1 Å². The minimum atomic E-state index is -3.59. The van der Waals surface area contributed by atoms with Crippen LogP contribution >= 0.6 is 23.4 Å². The van der Waals surface area contributed by atoms with Gasteiger partial charge in [-0.3, -0.25) is 0 Å². The Hall–Kier alpha value is -0.430. The van der Waals surface area contributed by atoms with Crippen LogP contribution in [0.2, 0.25) is 5.02 Å². The second-order valence-corrected chi connectivity index (χ2v) is 8.18. The van der Waals surface area contributed by atoms with Crippen molar-refractivity contribution in [1.82, 2.24) is 4.72 Å². The van der Waals surface area contributed by atoms with Gasteiger partial charge < -0.3 is 5.73 Å². The smallest absolute Gasteiger partial charge is 0.242 e. The zero-order valence-corrected chi connectivity index (χ0v) is 13.0. The number of aryl methyl sites for hydroxylation is 1. The first kappa shape index (κ1) is 15.0. The van der Waals surface area contributed by atoms with Crippen molar-refractivity contribution in [3.63, 3.8) is 0 Å². The molecule has 0 saturated carbocycles. The van der Waals surface area contributed by atoms with Crippen molar-refractivity contribution in [2.24, 2.45) is 0 Å². The van der Waals surface area contributed by atoms with Crippen LogP contribution in [0.25, 0.3) is 0 Å². The van der Waals surface area contributed by atoms with Crippen LogP contribution in [0.4, 0.5) is 5.69 Å². The fraction of sp³-hybridized carbons (Fsp3) is 0.500. The van der Waals surface area contributed by atoms with Crippen LogP contribution in [0.15, 0.2) is 17.0 Å². The van der Waals surface area contributed by atoms with Crippen LogP contribution in [-0.2, 0) is 10.0 Å². The highest BCUT2D eigenvalue weighted by Crippen LogP contribution is 2.28. The predicted molar refractivity (Wildman–Crippen MR) is 81.3 cm³/mol. The van der Waals surface area contributed by atoms with Crippen LogP contribution in [0.3, 0.4) is 0 Å². The fourth-order valence-corrected chi connectivity index (χ4v) is 4.96. The lowest BCUT2D eigenvalue weighted by atomic mass is 10.2. The molecule has 1 aromatic carbocycles. The summed E-state index contributed by atoms with van der Waals surface area (Å²) in [5.41, 5.74) is 6.95. The molecular formula is C12H17ClN2O2S2. The third kappa shape index (κ3) is 3.56. The average Bonchev–Trinajstić information content (AvgIpc) is 2.84. The Morgan fingerprint density at radius 1 is 1.53 bits per heavy atom. The number of nitrogens with two attached hydrogens (primary N) is 1. The van der Waals surface area contributed by atoms with E-state index in [0.29, 0.717) is 17.5 Å². The Morgan fingerprint density at radius 3 is 2.89 bits per heavy atom. The van der Waals surface area contributed by atoms with Gasteiger partial charge in [-0.15, -0.1) is 0 Å². The van der Waals surface area contributed by atoms with Crippen molar-refractivity contribution < 1.29 is 8.42 Å². The summed E-state index contributed by atoms with van der Waals surface area (Å²) >= 11 is 7.80. The summed E-state index contributed by atoms with van der Waals surface area (Å²) in [4.78, 5) is 0.0558. The van der Waals surface area contributed by atoms with Crippen molar-refractivity contribution in [3.8, 4) is 0 Å². The lowest BCUT2D eigenvalue weighted by Crippen LogP contribution is -2.30. The van der Waals surface area contributed by atoms with E-state index >= 15 is 0 Å². The van der Waals surface area contributed by atoms with E-state index < -0.39 is 10.0 Å². The number of hydrogen-bond acceptors (Lipinski definition) is 4. The molecule has 106 valence electrons. The molecule has 1 aromatic rings. The Kier molecular flexibility index (Phi) is 4.66. The Balaban J connectivity index is 2.16. The first-order valence-corrected chi connectivity index (χ1v) is 8.98. The highest BCUT2D eigenvalue weighted by atomic mass is 35.5. The summed E-state index contributed by atoms with van der Waals surface area (Å²) in [6, 6.07) is 3.00. The summed E-state index contributed by atoms with van der Waals surface area (Å²) < 4.78 is 27.0. The van der Waals surface area contributed by atoms with Crippen LogP contribution < -0.4 is 10.5 Å².